The van der Waals surface area contributed by atoms with Crippen molar-refractivity contribution < 1.29 is 28.9 Å². The number of rotatable bonds is 5. The van der Waals surface area contributed by atoms with Crippen molar-refractivity contribution in [3.05, 3.63) is 18.2 Å². The number of carbonyl (C=O) groups excluding carboxylic acids is 1. The number of amides is 1. The molecular weight excluding hydrogens is 302 g/mol. The lowest BCUT2D eigenvalue weighted by atomic mass is 9.78. The first-order chi connectivity index (χ1) is 11.0. The Balaban J connectivity index is 1.80. The number of hydrogen-bond acceptors (Lipinski definition) is 5. The number of carboxylic acids is 1. The molecule has 2 saturated heterocycles. The number of nitrogens with one attached hydrogen (secondary N) is 1. The van der Waals surface area contributed by atoms with Crippen LogP contribution in [0, 0.1) is 11.8 Å². The molecule has 1 aromatic rings. The standard InChI is InChI=1S/C16H19NO6/c1-21-8-3-4-9(12(7-8)22-2)17-15(18)13-10-5-6-11(23-10)14(13)16(19)20/h3-4,7,10-11,13-14H,5-6H2,1-2H3,(H,17,18)(H,19,20)/t10-,11+,13+,14-/m0/s1. The van der Waals surface area contributed by atoms with E-state index in [4.69, 9.17) is 14.2 Å². The fourth-order valence-corrected chi connectivity index (χ4v) is 3.44. The molecule has 124 valence electrons. The molecule has 2 heterocycles. The Morgan fingerprint density at radius 3 is 2.48 bits per heavy atom. The van der Waals surface area contributed by atoms with Gasteiger partial charge in [0.1, 0.15) is 11.5 Å². The molecule has 2 N–H and O–H groups in total. The van der Waals surface area contributed by atoms with Crippen LogP contribution in [-0.4, -0.2) is 43.4 Å². The summed E-state index contributed by atoms with van der Waals surface area (Å²) in [6.45, 7) is 0. The number of aliphatic carboxylic acids is 1. The van der Waals surface area contributed by atoms with Gasteiger partial charge in [-0.25, -0.2) is 0 Å². The fraction of sp³-hybridized carbons (Fsp3) is 0.500. The molecule has 1 amide bonds. The van der Waals surface area contributed by atoms with Crippen LogP contribution in [0.1, 0.15) is 12.8 Å². The van der Waals surface area contributed by atoms with Gasteiger partial charge in [-0.05, 0) is 25.0 Å². The van der Waals surface area contributed by atoms with E-state index in [1.165, 1.54) is 14.2 Å². The van der Waals surface area contributed by atoms with Crippen LogP contribution in [0.2, 0.25) is 0 Å². The molecule has 1 aromatic carbocycles. The van der Waals surface area contributed by atoms with Gasteiger partial charge in [-0.15, -0.1) is 0 Å². The highest BCUT2D eigenvalue weighted by Crippen LogP contribution is 2.44. The van der Waals surface area contributed by atoms with Crippen LogP contribution in [0.25, 0.3) is 0 Å². The predicted octanol–water partition coefficient (Wildman–Crippen LogP) is 1.52. The lowest BCUT2D eigenvalue weighted by Crippen LogP contribution is -2.41. The number of methoxy groups -OCH3 is 2. The van der Waals surface area contributed by atoms with Crippen LogP contribution in [0.4, 0.5) is 5.69 Å². The largest absolute Gasteiger partial charge is 0.497 e. The van der Waals surface area contributed by atoms with Gasteiger partial charge >= 0.3 is 5.97 Å². The minimum absolute atomic E-state index is 0.328. The van der Waals surface area contributed by atoms with Gasteiger partial charge in [-0.3, -0.25) is 9.59 Å². The first-order valence-electron chi connectivity index (χ1n) is 7.46. The van der Waals surface area contributed by atoms with E-state index in [0.717, 1.165) is 0 Å². The van der Waals surface area contributed by atoms with E-state index in [2.05, 4.69) is 5.32 Å². The zero-order chi connectivity index (χ0) is 16.6. The first kappa shape index (κ1) is 15.6. The highest BCUT2D eigenvalue weighted by atomic mass is 16.5. The summed E-state index contributed by atoms with van der Waals surface area (Å²) in [4.78, 5) is 24.1. The SMILES string of the molecule is COc1ccc(NC(=O)[C@H]2[C@@H](C(=O)O)[C@H]3CC[C@@H]2O3)c(OC)c1. The summed E-state index contributed by atoms with van der Waals surface area (Å²) in [5.74, 6) is -1.76. The quantitative estimate of drug-likeness (QED) is 0.854. The fourth-order valence-electron chi connectivity index (χ4n) is 3.44. The molecule has 4 atom stereocenters. The lowest BCUT2D eigenvalue weighted by Gasteiger charge is -2.24. The van der Waals surface area contributed by atoms with Gasteiger partial charge in [0.25, 0.3) is 0 Å². The zero-order valence-electron chi connectivity index (χ0n) is 12.9. The van der Waals surface area contributed by atoms with E-state index >= 15 is 0 Å². The van der Waals surface area contributed by atoms with Gasteiger partial charge in [0.15, 0.2) is 0 Å². The van der Waals surface area contributed by atoms with Gasteiger partial charge in [-0.2, -0.15) is 0 Å². The number of carboxylic acid groups (broad SMARTS) is 1. The van der Waals surface area contributed by atoms with Crippen molar-refractivity contribution in [3.63, 3.8) is 0 Å². The summed E-state index contributed by atoms with van der Waals surface area (Å²) in [6.07, 6.45) is 0.708. The predicted molar refractivity (Wildman–Crippen MR) is 80.7 cm³/mol. The molecule has 0 unspecified atom stereocenters. The van der Waals surface area contributed by atoms with Crippen molar-refractivity contribution in [2.24, 2.45) is 11.8 Å². The second kappa shape index (κ2) is 6.08. The number of carbonyl (C=O) groups is 2. The van der Waals surface area contributed by atoms with Crippen molar-refractivity contribution in [1.82, 2.24) is 0 Å². The van der Waals surface area contributed by atoms with Crippen molar-refractivity contribution in [2.45, 2.75) is 25.0 Å². The van der Waals surface area contributed by atoms with Crippen molar-refractivity contribution in [2.75, 3.05) is 19.5 Å². The van der Waals surface area contributed by atoms with Gasteiger partial charge in [-0.1, -0.05) is 0 Å². The van der Waals surface area contributed by atoms with E-state index in [-0.39, 0.29) is 18.1 Å². The van der Waals surface area contributed by atoms with Gasteiger partial charge < -0.3 is 24.6 Å². The Hall–Kier alpha value is -2.28. The van der Waals surface area contributed by atoms with E-state index in [0.29, 0.717) is 30.0 Å². The Bertz CT molecular complexity index is 631. The average molecular weight is 321 g/mol. The molecule has 7 heteroatoms. The van der Waals surface area contributed by atoms with Crippen molar-refractivity contribution in [1.29, 1.82) is 0 Å². The second-order valence-electron chi connectivity index (χ2n) is 5.74. The molecule has 2 bridgehead atoms. The maximum Gasteiger partial charge on any atom is 0.310 e. The molecule has 0 aromatic heterocycles. The Morgan fingerprint density at radius 1 is 1.17 bits per heavy atom. The first-order valence-corrected chi connectivity index (χ1v) is 7.46. The zero-order valence-corrected chi connectivity index (χ0v) is 12.9. The van der Waals surface area contributed by atoms with E-state index in [1.807, 2.05) is 0 Å². The smallest absolute Gasteiger partial charge is 0.310 e. The second-order valence-corrected chi connectivity index (χ2v) is 5.74. The van der Waals surface area contributed by atoms with Crippen LogP contribution < -0.4 is 14.8 Å². The molecule has 0 spiro atoms. The molecule has 2 aliphatic rings. The molecular formula is C16H19NO6. The summed E-state index contributed by atoms with van der Waals surface area (Å²) >= 11 is 0. The highest BCUT2D eigenvalue weighted by Gasteiger charge is 2.55. The number of fused-ring (bicyclic) bond motifs is 2. The minimum Gasteiger partial charge on any atom is -0.497 e. The summed E-state index contributed by atoms with van der Waals surface area (Å²) in [7, 11) is 3.03. The van der Waals surface area contributed by atoms with Crippen LogP contribution in [0.5, 0.6) is 11.5 Å². The maximum absolute atomic E-state index is 12.6. The monoisotopic (exact) mass is 321 g/mol. The van der Waals surface area contributed by atoms with E-state index < -0.39 is 17.8 Å². The van der Waals surface area contributed by atoms with E-state index in [9.17, 15) is 14.7 Å². The minimum atomic E-state index is -0.987. The van der Waals surface area contributed by atoms with Gasteiger partial charge in [0.05, 0.1) is 44.0 Å². The maximum atomic E-state index is 12.6. The third kappa shape index (κ3) is 2.72. The summed E-state index contributed by atoms with van der Waals surface area (Å²) in [6, 6.07) is 5.02. The van der Waals surface area contributed by atoms with Crippen LogP contribution >= 0.6 is 0 Å². The molecule has 2 fully saturated rings. The van der Waals surface area contributed by atoms with Crippen molar-refractivity contribution in [3.8, 4) is 11.5 Å². The third-order valence-electron chi connectivity index (χ3n) is 4.53. The number of ether oxygens (including phenoxy) is 3. The molecule has 0 aliphatic carbocycles. The summed E-state index contributed by atoms with van der Waals surface area (Å²) in [5.41, 5.74) is 0.477. The number of benzene rings is 1. The molecule has 3 rings (SSSR count). The molecule has 0 saturated carbocycles. The van der Waals surface area contributed by atoms with Crippen molar-refractivity contribution >= 4 is 17.6 Å². The highest BCUT2D eigenvalue weighted by molar-refractivity contribution is 5.97. The summed E-state index contributed by atoms with van der Waals surface area (Å²) in [5, 5.41) is 12.2. The Labute approximate surface area is 133 Å². The van der Waals surface area contributed by atoms with Crippen LogP contribution in [-0.2, 0) is 14.3 Å². The van der Waals surface area contributed by atoms with Crippen LogP contribution in [0.3, 0.4) is 0 Å². The molecule has 0 radical (unpaired) electrons. The average Bonchev–Trinajstić information content (AvgIpc) is 3.16. The molecule has 23 heavy (non-hydrogen) atoms. The van der Waals surface area contributed by atoms with Crippen LogP contribution in [0.15, 0.2) is 18.2 Å². The summed E-state index contributed by atoms with van der Waals surface area (Å²) < 4.78 is 16.0. The van der Waals surface area contributed by atoms with E-state index in [1.54, 1.807) is 18.2 Å². The normalized spacial score (nSPS) is 28.4. The Kier molecular flexibility index (Phi) is 4.12. The Morgan fingerprint density at radius 2 is 1.87 bits per heavy atom. The van der Waals surface area contributed by atoms with Gasteiger partial charge in [0, 0.05) is 6.07 Å². The number of anilines is 1. The number of hydrogen-bond donors (Lipinski definition) is 2. The molecule has 7 nitrogen and oxygen atoms in total. The lowest BCUT2D eigenvalue weighted by molar-refractivity contribution is -0.147. The molecule has 2 aliphatic heterocycles. The third-order valence-corrected chi connectivity index (χ3v) is 4.53. The topological polar surface area (TPSA) is 94.1 Å². The van der Waals surface area contributed by atoms with Gasteiger partial charge in [0.2, 0.25) is 5.91 Å².